The van der Waals surface area contributed by atoms with Crippen LogP contribution < -0.4 is 5.32 Å². The fraction of sp³-hybridized carbons (Fsp3) is 0.692. The second kappa shape index (κ2) is 7.02. The molecule has 1 atom stereocenters. The van der Waals surface area contributed by atoms with Gasteiger partial charge in [0.1, 0.15) is 5.15 Å². The first kappa shape index (κ1) is 13.7. The van der Waals surface area contributed by atoms with Crippen LogP contribution in [0.15, 0.2) is 12.4 Å². The van der Waals surface area contributed by atoms with Gasteiger partial charge in [0.15, 0.2) is 0 Å². The standard InChI is InChI=1S/C13H21ClN4/c1-2-6-18(9-11-4-3-5-15-11)10-12-7-17-13(14)8-16-12/h7-8,11,15H,2-6,9-10H2,1H3. The molecule has 1 aromatic heterocycles. The molecule has 18 heavy (non-hydrogen) atoms. The van der Waals surface area contributed by atoms with E-state index in [4.69, 9.17) is 11.6 Å². The quantitative estimate of drug-likeness (QED) is 0.858. The fourth-order valence-electron chi connectivity index (χ4n) is 2.43. The van der Waals surface area contributed by atoms with Crippen LogP contribution in [-0.2, 0) is 6.54 Å². The van der Waals surface area contributed by atoms with Gasteiger partial charge in [-0.25, -0.2) is 4.98 Å². The molecule has 5 heteroatoms. The molecular formula is C13H21ClN4. The summed E-state index contributed by atoms with van der Waals surface area (Å²) in [5.74, 6) is 0. The largest absolute Gasteiger partial charge is 0.313 e. The Bertz CT molecular complexity index is 349. The molecule has 1 unspecified atom stereocenters. The van der Waals surface area contributed by atoms with Crippen molar-refractivity contribution in [3.05, 3.63) is 23.2 Å². The number of hydrogen-bond donors (Lipinski definition) is 1. The van der Waals surface area contributed by atoms with Crippen molar-refractivity contribution in [1.82, 2.24) is 20.2 Å². The molecule has 4 nitrogen and oxygen atoms in total. The SMILES string of the molecule is CCCN(Cc1cnc(Cl)cn1)CC1CCCN1. The molecule has 1 aliphatic heterocycles. The first-order valence-electron chi connectivity index (χ1n) is 6.70. The Morgan fingerprint density at radius 3 is 2.94 bits per heavy atom. The summed E-state index contributed by atoms with van der Waals surface area (Å²) in [6.45, 7) is 6.42. The van der Waals surface area contributed by atoms with Crippen LogP contribution in [0.4, 0.5) is 0 Å². The summed E-state index contributed by atoms with van der Waals surface area (Å²) < 4.78 is 0. The fourth-order valence-corrected chi connectivity index (χ4v) is 2.52. The van der Waals surface area contributed by atoms with E-state index in [9.17, 15) is 0 Å². The van der Waals surface area contributed by atoms with Gasteiger partial charge < -0.3 is 5.32 Å². The van der Waals surface area contributed by atoms with Gasteiger partial charge in [0.2, 0.25) is 0 Å². The molecule has 0 bridgehead atoms. The molecule has 2 rings (SSSR count). The minimum absolute atomic E-state index is 0.457. The maximum absolute atomic E-state index is 5.75. The maximum atomic E-state index is 5.75. The minimum Gasteiger partial charge on any atom is -0.313 e. The van der Waals surface area contributed by atoms with E-state index in [2.05, 4.69) is 27.1 Å². The van der Waals surface area contributed by atoms with Crippen molar-refractivity contribution in [2.45, 2.75) is 38.8 Å². The molecule has 0 saturated carbocycles. The molecule has 100 valence electrons. The molecule has 1 aliphatic rings. The van der Waals surface area contributed by atoms with Crippen molar-refractivity contribution in [1.29, 1.82) is 0 Å². The molecule has 2 heterocycles. The second-order valence-corrected chi connectivity index (χ2v) is 5.25. The van der Waals surface area contributed by atoms with Crippen molar-refractivity contribution in [3.8, 4) is 0 Å². The number of halogens is 1. The highest BCUT2D eigenvalue weighted by atomic mass is 35.5. The first-order valence-corrected chi connectivity index (χ1v) is 7.08. The van der Waals surface area contributed by atoms with Crippen molar-refractivity contribution >= 4 is 11.6 Å². The smallest absolute Gasteiger partial charge is 0.147 e. The third kappa shape index (κ3) is 4.19. The van der Waals surface area contributed by atoms with Gasteiger partial charge in [-0.2, -0.15) is 0 Å². The Morgan fingerprint density at radius 2 is 2.33 bits per heavy atom. The molecule has 0 spiro atoms. The van der Waals surface area contributed by atoms with Gasteiger partial charge in [0.25, 0.3) is 0 Å². The molecular weight excluding hydrogens is 248 g/mol. The lowest BCUT2D eigenvalue weighted by Crippen LogP contribution is -2.37. The third-order valence-corrected chi connectivity index (χ3v) is 3.44. The van der Waals surface area contributed by atoms with E-state index < -0.39 is 0 Å². The summed E-state index contributed by atoms with van der Waals surface area (Å²) in [5.41, 5.74) is 0.992. The molecule has 1 fully saturated rings. The molecule has 0 radical (unpaired) electrons. The third-order valence-electron chi connectivity index (χ3n) is 3.24. The average molecular weight is 269 g/mol. The van der Waals surface area contributed by atoms with Gasteiger partial charge >= 0.3 is 0 Å². The van der Waals surface area contributed by atoms with Crippen molar-refractivity contribution in [2.75, 3.05) is 19.6 Å². The van der Waals surface area contributed by atoms with Gasteiger partial charge in [-0.15, -0.1) is 0 Å². The van der Waals surface area contributed by atoms with E-state index in [0.717, 1.165) is 38.3 Å². The Morgan fingerprint density at radius 1 is 1.44 bits per heavy atom. The second-order valence-electron chi connectivity index (χ2n) is 4.86. The molecule has 1 N–H and O–H groups in total. The minimum atomic E-state index is 0.457. The first-order chi connectivity index (χ1) is 8.78. The van der Waals surface area contributed by atoms with E-state index >= 15 is 0 Å². The van der Waals surface area contributed by atoms with Crippen LogP contribution in [-0.4, -0.2) is 40.5 Å². The highest BCUT2D eigenvalue weighted by molar-refractivity contribution is 6.29. The number of nitrogens with one attached hydrogen (secondary N) is 1. The van der Waals surface area contributed by atoms with E-state index in [0.29, 0.717) is 11.2 Å². The zero-order valence-corrected chi connectivity index (χ0v) is 11.7. The molecule has 0 aromatic carbocycles. The molecule has 1 saturated heterocycles. The Kier molecular flexibility index (Phi) is 5.35. The highest BCUT2D eigenvalue weighted by Crippen LogP contribution is 2.10. The Hall–Kier alpha value is -0.710. The number of rotatable bonds is 6. The van der Waals surface area contributed by atoms with Gasteiger partial charge in [-0.1, -0.05) is 18.5 Å². The lowest BCUT2D eigenvalue weighted by molar-refractivity contribution is 0.238. The van der Waals surface area contributed by atoms with E-state index in [1.54, 1.807) is 12.4 Å². The molecule has 0 aliphatic carbocycles. The van der Waals surface area contributed by atoms with Gasteiger partial charge in [-0.3, -0.25) is 9.88 Å². The Balaban J connectivity index is 1.90. The summed E-state index contributed by atoms with van der Waals surface area (Å²) in [6.07, 6.45) is 7.13. The van der Waals surface area contributed by atoms with Crippen LogP contribution >= 0.6 is 11.6 Å². The van der Waals surface area contributed by atoms with Crippen LogP contribution in [0.25, 0.3) is 0 Å². The van der Waals surface area contributed by atoms with E-state index in [1.807, 2.05) is 0 Å². The average Bonchev–Trinajstić information content (AvgIpc) is 2.85. The van der Waals surface area contributed by atoms with Gasteiger partial charge in [-0.05, 0) is 32.4 Å². The summed E-state index contributed by atoms with van der Waals surface area (Å²) in [6, 6.07) is 0.636. The topological polar surface area (TPSA) is 41.1 Å². The molecule has 0 amide bonds. The monoisotopic (exact) mass is 268 g/mol. The lowest BCUT2D eigenvalue weighted by Gasteiger charge is -2.24. The summed E-state index contributed by atoms with van der Waals surface area (Å²) in [5, 5.41) is 4.00. The van der Waals surface area contributed by atoms with Gasteiger partial charge in [0.05, 0.1) is 18.1 Å². The summed E-state index contributed by atoms with van der Waals surface area (Å²) in [7, 11) is 0. The van der Waals surface area contributed by atoms with E-state index in [-0.39, 0.29) is 0 Å². The summed E-state index contributed by atoms with van der Waals surface area (Å²) >= 11 is 5.75. The normalized spacial score (nSPS) is 19.6. The number of aromatic nitrogens is 2. The molecule has 1 aromatic rings. The maximum Gasteiger partial charge on any atom is 0.147 e. The van der Waals surface area contributed by atoms with E-state index in [1.165, 1.54) is 12.8 Å². The van der Waals surface area contributed by atoms with Crippen LogP contribution in [0.1, 0.15) is 31.9 Å². The number of nitrogens with zero attached hydrogens (tertiary/aromatic N) is 3. The van der Waals surface area contributed by atoms with Crippen molar-refractivity contribution < 1.29 is 0 Å². The Labute approximate surface area is 114 Å². The predicted molar refractivity (Wildman–Crippen MR) is 73.6 cm³/mol. The van der Waals surface area contributed by atoms with Crippen LogP contribution in [0.2, 0.25) is 5.15 Å². The number of hydrogen-bond acceptors (Lipinski definition) is 4. The zero-order chi connectivity index (χ0) is 12.8. The van der Waals surface area contributed by atoms with Crippen LogP contribution in [0.5, 0.6) is 0 Å². The van der Waals surface area contributed by atoms with Crippen molar-refractivity contribution in [2.24, 2.45) is 0 Å². The van der Waals surface area contributed by atoms with Crippen molar-refractivity contribution in [3.63, 3.8) is 0 Å². The predicted octanol–water partition coefficient (Wildman–Crippen LogP) is 2.09. The highest BCUT2D eigenvalue weighted by Gasteiger charge is 2.17. The summed E-state index contributed by atoms with van der Waals surface area (Å²) in [4.78, 5) is 10.8. The zero-order valence-electron chi connectivity index (χ0n) is 10.9. The van der Waals surface area contributed by atoms with Crippen LogP contribution in [0, 0.1) is 0 Å². The van der Waals surface area contributed by atoms with Gasteiger partial charge in [0, 0.05) is 19.1 Å². The lowest BCUT2D eigenvalue weighted by atomic mass is 10.2. The van der Waals surface area contributed by atoms with Crippen LogP contribution in [0.3, 0.4) is 0 Å².